The van der Waals surface area contributed by atoms with E-state index in [0.717, 1.165) is 5.69 Å². The second kappa shape index (κ2) is 4.52. The molecule has 0 aliphatic heterocycles. The number of rotatable bonds is 3. The van der Waals surface area contributed by atoms with Crippen LogP contribution in [0, 0.1) is 6.92 Å². The Morgan fingerprint density at radius 2 is 2.22 bits per heavy atom. The summed E-state index contributed by atoms with van der Waals surface area (Å²) in [6, 6.07) is 1.78. The third kappa shape index (κ3) is 2.20. The van der Waals surface area contributed by atoms with Crippen molar-refractivity contribution >= 4 is 17.4 Å². The molecule has 2 heterocycles. The van der Waals surface area contributed by atoms with E-state index in [2.05, 4.69) is 15.5 Å². The van der Waals surface area contributed by atoms with Crippen LogP contribution in [-0.4, -0.2) is 25.5 Å². The van der Waals surface area contributed by atoms with Crippen molar-refractivity contribution in [3.63, 3.8) is 0 Å². The first-order valence-corrected chi connectivity index (χ1v) is 5.66. The SMILES string of the molecule is CCn1cc(N)c(C(=O)Nc2cc(C)nn2C)n1. The fraction of sp³-hybridized carbons (Fsp3) is 0.364. The van der Waals surface area contributed by atoms with E-state index in [1.54, 1.807) is 28.7 Å². The van der Waals surface area contributed by atoms with E-state index in [-0.39, 0.29) is 11.6 Å². The number of carbonyl (C=O) groups excluding carboxylic acids is 1. The maximum Gasteiger partial charge on any atom is 0.279 e. The second-order valence-corrected chi connectivity index (χ2v) is 4.04. The Morgan fingerprint density at radius 3 is 2.72 bits per heavy atom. The van der Waals surface area contributed by atoms with Crippen LogP contribution in [-0.2, 0) is 13.6 Å². The van der Waals surface area contributed by atoms with Gasteiger partial charge in [-0.1, -0.05) is 0 Å². The monoisotopic (exact) mass is 248 g/mol. The molecule has 0 radical (unpaired) electrons. The van der Waals surface area contributed by atoms with Crippen molar-refractivity contribution in [1.29, 1.82) is 0 Å². The molecular formula is C11H16N6O. The molecule has 18 heavy (non-hydrogen) atoms. The molecule has 1 amide bonds. The molecule has 0 saturated heterocycles. The third-order valence-electron chi connectivity index (χ3n) is 2.57. The zero-order chi connectivity index (χ0) is 13.3. The summed E-state index contributed by atoms with van der Waals surface area (Å²) in [5.41, 5.74) is 7.18. The van der Waals surface area contributed by atoms with E-state index in [1.165, 1.54) is 0 Å². The average Bonchev–Trinajstić information content (AvgIpc) is 2.82. The number of nitrogens with one attached hydrogen (secondary N) is 1. The van der Waals surface area contributed by atoms with Gasteiger partial charge in [-0.25, -0.2) is 0 Å². The summed E-state index contributed by atoms with van der Waals surface area (Å²) in [6.45, 7) is 4.46. The van der Waals surface area contributed by atoms with Gasteiger partial charge in [0.1, 0.15) is 5.82 Å². The minimum Gasteiger partial charge on any atom is -0.396 e. The summed E-state index contributed by atoms with van der Waals surface area (Å²) >= 11 is 0. The normalized spacial score (nSPS) is 10.6. The molecule has 0 bridgehead atoms. The lowest BCUT2D eigenvalue weighted by Crippen LogP contribution is -2.16. The van der Waals surface area contributed by atoms with Crippen LogP contribution in [0.25, 0.3) is 0 Å². The van der Waals surface area contributed by atoms with Crippen molar-refractivity contribution in [2.45, 2.75) is 20.4 Å². The standard InChI is InChI=1S/C11H16N6O/c1-4-17-6-8(12)10(15-17)11(18)13-9-5-7(2)14-16(9)3/h5-6H,4,12H2,1-3H3,(H,13,18). The molecule has 2 aromatic rings. The van der Waals surface area contributed by atoms with Gasteiger partial charge in [-0.3, -0.25) is 14.2 Å². The van der Waals surface area contributed by atoms with E-state index >= 15 is 0 Å². The highest BCUT2D eigenvalue weighted by molar-refractivity contribution is 6.05. The highest BCUT2D eigenvalue weighted by atomic mass is 16.2. The quantitative estimate of drug-likeness (QED) is 0.839. The number of amides is 1. The van der Waals surface area contributed by atoms with Crippen molar-refractivity contribution in [2.75, 3.05) is 11.1 Å². The van der Waals surface area contributed by atoms with Crippen molar-refractivity contribution in [2.24, 2.45) is 7.05 Å². The van der Waals surface area contributed by atoms with Crippen molar-refractivity contribution in [1.82, 2.24) is 19.6 Å². The van der Waals surface area contributed by atoms with Crippen LogP contribution in [0.4, 0.5) is 11.5 Å². The Bertz CT molecular complexity index is 582. The van der Waals surface area contributed by atoms with Gasteiger partial charge < -0.3 is 11.1 Å². The summed E-state index contributed by atoms with van der Waals surface area (Å²) in [6.07, 6.45) is 1.64. The number of nitrogen functional groups attached to an aromatic ring is 1. The summed E-state index contributed by atoms with van der Waals surface area (Å²) in [5, 5.41) is 11.0. The van der Waals surface area contributed by atoms with Gasteiger partial charge in [0.25, 0.3) is 5.91 Å². The first kappa shape index (κ1) is 12.2. The van der Waals surface area contributed by atoms with E-state index in [9.17, 15) is 4.79 Å². The van der Waals surface area contributed by atoms with Crippen molar-refractivity contribution < 1.29 is 4.79 Å². The molecule has 0 saturated carbocycles. The Morgan fingerprint density at radius 1 is 1.50 bits per heavy atom. The second-order valence-electron chi connectivity index (χ2n) is 4.04. The predicted octanol–water partition coefficient (Wildman–Crippen LogP) is 0.779. The van der Waals surface area contributed by atoms with Crippen molar-refractivity contribution in [3.8, 4) is 0 Å². The Hall–Kier alpha value is -2.31. The molecule has 96 valence electrons. The van der Waals surface area contributed by atoms with Crippen LogP contribution in [0.5, 0.6) is 0 Å². The molecule has 0 spiro atoms. The van der Waals surface area contributed by atoms with E-state index < -0.39 is 0 Å². The smallest absolute Gasteiger partial charge is 0.279 e. The first-order chi connectivity index (χ1) is 8.51. The molecule has 7 heteroatoms. The third-order valence-corrected chi connectivity index (χ3v) is 2.57. The number of carbonyl (C=O) groups is 1. The maximum atomic E-state index is 12.0. The summed E-state index contributed by atoms with van der Waals surface area (Å²) in [5.74, 6) is 0.283. The molecular weight excluding hydrogens is 232 g/mol. The lowest BCUT2D eigenvalue weighted by molar-refractivity contribution is 0.102. The zero-order valence-electron chi connectivity index (χ0n) is 10.6. The molecule has 0 atom stereocenters. The first-order valence-electron chi connectivity index (χ1n) is 5.66. The van der Waals surface area contributed by atoms with Gasteiger partial charge in [0.15, 0.2) is 5.69 Å². The Balaban J connectivity index is 2.21. The molecule has 3 N–H and O–H groups in total. The van der Waals surface area contributed by atoms with Gasteiger partial charge in [-0.2, -0.15) is 10.2 Å². The fourth-order valence-electron chi connectivity index (χ4n) is 1.68. The molecule has 7 nitrogen and oxygen atoms in total. The molecule has 2 rings (SSSR count). The summed E-state index contributed by atoms with van der Waals surface area (Å²) in [4.78, 5) is 12.0. The number of nitrogens with zero attached hydrogens (tertiary/aromatic N) is 4. The highest BCUT2D eigenvalue weighted by Crippen LogP contribution is 2.13. The summed E-state index contributed by atoms with van der Waals surface area (Å²) in [7, 11) is 1.76. The Labute approximate surface area is 105 Å². The lowest BCUT2D eigenvalue weighted by atomic mass is 10.3. The van der Waals surface area contributed by atoms with Crippen molar-refractivity contribution in [3.05, 3.63) is 23.7 Å². The van der Waals surface area contributed by atoms with Gasteiger partial charge in [0.05, 0.1) is 11.4 Å². The van der Waals surface area contributed by atoms with Crippen LogP contribution in [0.15, 0.2) is 12.3 Å². The number of hydrogen-bond donors (Lipinski definition) is 2. The highest BCUT2D eigenvalue weighted by Gasteiger charge is 2.16. The van der Waals surface area contributed by atoms with Crippen LogP contribution >= 0.6 is 0 Å². The number of aryl methyl sites for hydroxylation is 3. The molecule has 0 aliphatic carbocycles. The maximum absolute atomic E-state index is 12.0. The Kier molecular flexibility index (Phi) is 3.05. The lowest BCUT2D eigenvalue weighted by Gasteiger charge is -2.03. The largest absolute Gasteiger partial charge is 0.396 e. The van der Waals surface area contributed by atoms with Gasteiger partial charge in [0, 0.05) is 25.9 Å². The number of anilines is 2. The van der Waals surface area contributed by atoms with Crippen LogP contribution in [0.3, 0.4) is 0 Å². The molecule has 0 aliphatic rings. The summed E-state index contributed by atoms with van der Waals surface area (Å²) < 4.78 is 3.22. The molecule has 0 unspecified atom stereocenters. The van der Waals surface area contributed by atoms with Gasteiger partial charge in [-0.05, 0) is 13.8 Å². The topological polar surface area (TPSA) is 90.8 Å². The zero-order valence-corrected chi connectivity index (χ0v) is 10.6. The number of aromatic nitrogens is 4. The van der Waals surface area contributed by atoms with E-state index in [4.69, 9.17) is 5.73 Å². The van der Waals surface area contributed by atoms with Crippen LogP contribution < -0.4 is 11.1 Å². The van der Waals surface area contributed by atoms with E-state index in [1.807, 2.05) is 13.8 Å². The molecule has 2 aromatic heterocycles. The number of nitrogens with two attached hydrogens (primary N) is 1. The van der Waals surface area contributed by atoms with Gasteiger partial charge in [-0.15, -0.1) is 0 Å². The fourth-order valence-corrected chi connectivity index (χ4v) is 1.68. The van der Waals surface area contributed by atoms with Crippen LogP contribution in [0.1, 0.15) is 23.1 Å². The molecule has 0 fully saturated rings. The minimum absolute atomic E-state index is 0.232. The number of hydrogen-bond acceptors (Lipinski definition) is 4. The predicted molar refractivity (Wildman–Crippen MR) is 68.2 cm³/mol. The van der Waals surface area contributed by atoms with Gasteiger partial charge >= 0.3 is 0 Å². The molecule has 0 aromatic carbocycles. The average molecular weight is 248 g/mol. The minimum atomic E-state index is -0.331. The van der Waals surface area contributed by atoms with Crippen LogP contribution in [0.2, 0.25) is 0 Å². The van der Waals surface area contributed by atoms with Gasteiger partial charge in [0.2, 0.25) is 0 Å². The van der Waals surface area contributed by atoms with E-state index in [0.29, 0.717) is 18.1 Å².